The topological polar surface area (TPSA) is 35.2 Å². The van der Waals surface area contributed by atoms with Crippen molar-refractivity contribution in [1.29, 1.82) is 0 Å². The van der Waals surface area contributed by atoms with Crippen LogP contribution in [0.15, 0.2) is 18.2 Å². The second kappa shape index (κ2) is 4.77. The number of benzene rings is 1. The van der Waals surface area contributed by atoms with Gasteiger partial charge in [0.1, 0.15) is 5.75 Å². The number of para-hydroxylation sites is 1. The second-order valence-corrected chi connectivity index (χ2v) is 4.99. The first-order valence-electron chi connectivity index (χ1n) is 6.18. The van der Waals surface area contributed by atoms with Gasteiger partial charge >= 0.3 is 0 Å². The highest BCUT2D eigenvalue weighted by atomic mass is 16.5. The zero-order chi connectivity index (χ0) is 11.5. The Balaban J connectivity index is 2.04. The second-order valence-electron chi connectivity index (χ2n) is 4.99. The van der Waals surface area contributed by atoms with Crippen LogP contribution in [-0.4, -0.2) is 6.10 Å². The van der Waals surface area contributed by atoms with Gasteiger partial charge in [-0.3, -0.25) is 0 Å². The molecule has 0 spiro atoms. The van der Waals surface area contributed by atoms with E-state index in [9.17, 15) is 0 Å². The van der Waals surface area contributed by atoms with Gasteiger partial charge in [0.15, 0.2) is 0 Å². The Kier molecular flexibility index (Phi) is 3.37. The predicted molar refractivity (Wildman–Crippen MR) is 67.6 cm³/mol. The van der Waals surface area contributed by atoms with Crippen LogP contribution in [0.5, 0.6) is 5.75 Å². The molecule has 2 nitrogen and oxygen atoms in total. The fraction of sp³-hybridized carbons (Fsp3) is 0.571. The van der Waals surface area contributed by atoms with Gasteiger partial charge in [-0.15, -0.1) is 0 Å². The van der Waals surface area contributed by atoms with Crippen molar-refractivity contribution in [3.8, 4) is 5.75 Å². The highest BCUT2D eigenvalue weighted by Crippen LogP contribution is 2.31. The van der Waals surface area contributed by atoms with Crippen molar-refractivity contribution in [2.45, 2.75) is 45.6 Å². The molecule has 0 radical (unpaired) electrons. The molecular weight excluding hydrogens is 198 g/mol. The normalized spacial score (nSPS) is 25.4. The number of anilines is 1. The van der Waals surface area contributed by atoms with Gasteiger partial charge in [-0.2, -0.15) is 0 Å². The highest BCUT2D eigenvalue weighted by molar-refractivity contribution is 5.56. The molecule has 2 rings (SSSR count). The van der Waals surface area contributed by atoms with Gasteiger partial charge in [0, 0.05) is 0 Å². The fourth-order valence-corrected chi connectivity index (χ4v) is 2.35. The third kappa shape index (κ3) is 2.49. The van der Waals surface area contributed by atoms with Gasteiger partial charge in [0.05, 0.1) is 11.8 Å². The molecule has 0 amide bonds. The van der Waals surface area contributed by atoms with Gasteiger partial charge in [0.25, 0.3) is 0 Å². The quantitative estimate of drug-likeness (QED) is 0.772. The molecule has 1 fully saturated rings. The average molecular weight is 219 g/mol. The van der Waals surface area contributed by atoms with Crippen LogP contribution in [0, 0.1) is 12.8 Å². The number of rotatable bonds is 2. The zero-order valence-electron chi connectivity index (χ0n) is 10.2. The molecule has 0 aromatic heterocycles. The maximum absolute atomic E-state index is 6.04. The van der Waals surface area contributed by atoms with Crippen molar-refractivity contribution in [3.05, 3.63) is 23.8 Å². The van der Waals surface area contributed by atoms with Crippen molar-refractivity contribution in [2.24, 2.45) is 5.92 Å². The molecule has 1 saturated carbocycles. The molecule has 1 aromatic rings. The molecule has 88 valence electrons. The fourth-order valence-electron chi connectivity index (χ4n) is 2.35. The van der Waals surface area contributed by atoms with Gasteiger partial charge in [0.2, 0.25) is 0 Å². The molecule has 0 heterocycles. The van der Waals surface area contributed by atoms with E-state index in [1.807, 2.05) is 12.1 Å². The minimum absolute atomic E-state index is 0.361. The van der Waals surface area contributed by atoms with Crippen LogP contribution in [0.1, 0.15) is 38.2 Å². The first kappa shape index (κ1) is 11.3. The maximum Gasteiger partial charge on any atom is 0.145 e. The highest BCUT2D eigenvalue weighted by Gasteiger charge is 2.20. The summed E-state index contributed by atoms with van der Waals surface area (Å²) in [5.41, 5.74) is 7.84. The lowest BCUT2D eigenvalue weighted by Crippen LogP contribution is -2.23. The van der Waals surface area contributed by atoms with E-state index < -0.39 is 0 Å². The number of aryl methyl sites for hydroxylation is 1. The molecule has 0 saturated heterocycles. The summed E-state index contributed by atoms with van der Waals surface area (Å²) in [6.45, 7) is 4.37. The molecule has 1 aliphatic rings. The zero-order valence-corrected chi connectivity index (χ0v) is 10.2. The first-order chi connectivity index (χ1) is 7.66. The number of nitrogens with two attached hydrogens (primary N) is 1. The number of hydrogen-bond acceptors (Lipinski definition) is 2. The number of nitrogen functional groups attached to an aromatic ring is 1. The molecule has 2 N–H and O–H groups in total. The Bertz CT molecular complexity index is 334. The van der Waals surface area contributed by atoms with Crippen LogP contribution in [0.25, 0.3) is 0 Å². The van der Waals surface area contributed by atoms with Crippen molar-refractivity contribution in [1.82, 2.24) is 0 Å². The summed E-state index contributed by atoms with van der Waals surface area (Å²) in [6.07, 6.45) is 5.23. The van der Waals surface area contributed by atoms with Crippen LogP contribution in [0.4, 0.5) is 5.69 Å². The van der Waals surface area contributed by atoms with E-state index in [0.29, 0.717) is 6.10 Å². The summed E-state index contributed by atoms with van der Waals surface area (Å²) in [7, 11) is 0. The van der Waals surface area contributed by atoms with Gasteiger partial charge in [-0.25, -0.2) is 0 Å². The molecule has 0 aliphatic heterocycles. The minimum atomic E-state index is 0.361. The van der Waals surface area contributed by atoms with E-state index >= 15 is 0 Å². The van der Waals surface area contributed by atoms with Crippen LogP contribution in [0.3, 0.4) is 0 Å². The van der Waals surface area contributed by atoms with Crippen LogP contribution >= 0.6 is 0 Å². The van der Waals surface area contributed by atoms with Gasteiger partial charge in [-0.05, 0) is 50.2 Å². The molecule has 1 aliphatic carbocycles. The van der Waals surface area contributed by atoms with Gasteiger partial charge in [-0.1, -0.05) is 19.1 Å². The van der Waals surface area contributed by atoms with Crippen LogP contribution < -0.4 is 10.5 Å². The number of hydrogen-bond donors (Lipinski definition) is 1. The van der Waals surface area contributed by atoms with Crippen molar-refractivity contribution in [3.63, 3.8) is 0 Å². The third-order valence-corrected chi connectivity index (χ3v) is 3.49. The standard InChI is InChI=1S/C14H21NO/c1-10-6-8-12(9-7-10)16-14-11(2)4-3-5-13(14)15/h3-5,10,12H,6-9,15H2,1-2H3. The smallest absolute Gasteiger partial charge is 0.145 e. The van der Waals surface area contributed by atoms with Crippen LogP contribution in [0.2, 0.25) is 0 Å². The van der Waals surface area contributed by atoms with E-state index in [0.717, 1.165) is 35.8 Å². The Morgan fingerprint density at radius 1 is 1.19 bits per heavy atom. The van der Waals surface area contributed by atoms with Crippen molar-refractivity contribution < 1.29 is 4.74 Å². The van der Waals surface area contributed by atoms with Crippen molar-refractivity contribution >= 4 is 5.69 Å². The minimum Gasteiger partial charge on any atom is -0.488 e. The summed E-state index contributed by atoms with van der Waals surface area (Å²) in [5, 5.41) is 0. The van der Waals surface area contributed by atoms with E-state index in [1.54, 1.807) is 0 Å². The summed E-state index contributed by atoms with van der Waals surface area (Å²) < 4.78 is 6.04. The molecule has 0 unspecified atom stereocenters. The third-order valence-electron chi connectivity index (χ3n) is 3.49. The summed E-state index contributed by atoms with van der Waals surface area (Å²) in [6, 6.07) is 5.94. The Morgan fingerprint density at radius 2 is 1.88 bits per heavy atom. The number of ether oxygens (including phenoxy) is 1. The molecule has 1 aromatic carbocycles. The van der Waals surface area contributed by atoms with E-state index in [-0.39, 0.29) is 0 Å². The lowest BCUT2D eigenvalue weighted by Gasteiger charge is -2.27. The molecule has 16 heavy (non-hydrogen) atoms. The predicted octanol–water partition coefficient (Wildman–Crippen LogP) is 3.53. The van der Waals surface area contributed by atoms with Gasteiger partial charge < -0.3 is 10.5 Å². The van der Waals surface area contributed by atoms with Crippen LogP contribution in [-0.2, 0) is 0 Å². The monoisotopic (exact) mass is 219 g/mol. The molecule has 0 bridgehead atoms. The Hall–Kier alpha value is -1.18. The largest absolute Gasteiger partial charge is 0.488 e. The lowest BCUT2D eigenvalue weighted by molar-refractivity contribution is 0.135. The average Bonchev–Trinajstić information content (AvgIpc) is 2.26. The van der Waals surface area contributed by atoms with E-state index in [4.69, 9.17) is 10.5 Å². The SMILES string of the molecule is Cc1cccc(N)c1OC1CCC(C)CC1. The molecular formula is C14H21NO. The Labute approximate surface area is 97.8 Å². The molecule has 2 heteroatoms. The summed E-state index contributed by atoms with van der Waals surface area (Å²) in [5.74, 6) is 1.75. The maximum atomic E-state index is 6.04. The Morgan fingerprint density at radius 3 is 2.50 bits per heavy atom. The van der Waals surface area contributed by atoms with E-state index in [2.05, 4.69) is 19.9 Å². The first-order valence-corrected chi connectivity index (χ1v) is 6.18. The molecule has 0 atom stereocenters. The lowest BCUT2D eigenvalue weighted by atomic mass is 9.89. The summed E-state index contributed by atoms with van der Waals surface area (Å²) in [4.78, 5) is 0. The summed E-state index contributed by atoms with van der Waals surface area (Å²) >= 11 is 0. The van der Waals surface area contributed by atoms with E-state index in [1.165, 1.54) is 12.8 Å². The van der Waals surface area contributed by atoms with Crippen molar-refractivity contribution in [2.75, 3.05) is 5.73 Å².